The van der Waals surface area contributed by atoms with E-state index in [4.69, 9.17) is 14.5 Å². The number of hydrogen-bond acceptors (Lipinski definition) is 4. The summed E-state index contributed by atoms with van der Waals surface area (Å²) in [6, 6.07) is 10.1. The van der Waals surface area contributed by atoms with Gasteiger partial charge in [-0.25, -0.2) is 4.98 Å². The number of aromatic nitrogens is 4. The van der Waals surface area contributed by atoms with E-state index >= 15 is 0 Å². The van der Waals surface area contributed by atoms with E-state index in [1.54, 1.807) is 0 Å². The lowest BCUT2D eigenvalue weighted by Crippen LogP contribution is -2.15. The van der Waals surface area contributed by atoms with E-state index in [0.717, 1.165) is 45.2 Å². The summed E-state index contributed by atoms with van der Waals surface area (Å²) in [7, 11) is 1.92. The van der Waals surface area contributed by atoms with Crippen LogP contribution in [0.15, 0.2) is 36.5 Å². The Morgan fingerprint density at radius 3 is 2.70 bits per heavy atom. The van der Waals surface area contributed by atoms with Crippen LogP contribution in [0.5, 0.6) is 11.5 Å². The van der Waals surface area contributed by atoms with Crippen molar-refractivity contribution in [2.24, 2.45) is 7.05 Å². The van der Waals surface area contributed by atoms with Crippen molar-refractivity contribution >= 4 is 11.0 Å². The number of benzene rings is 2. The maximum Gasteiger partial charge on any atom is 0.162 e. The number of H-pyrrole nitrogens is 1. The Morgan fingerprint density at radius 1 is 1.04 bits per heavy atom. The predicted molar refractivity (Wildman–Crippen MR) is 104 cm³/mol. The van der Waals surface area contributed by atoms with Crippen LogP contribution in [0.2, 0.25) is 0 Å². The van der Waals surface area contributed by atoms with Gasteiger partial charge in [-0.2, -0.15) is 5.10 Å². The van der Waals surface area contributed by atoms with E-state index in [2.05, 4.69) is 36.1 Å². The molecule has 0 radical (unpaired) electrons. The summed E-state index contributed by atoms with van der Waals surface area (Å²) in [5.41, 5.74) is 7.26. The zero-order valence-electron chi connectivity index (χ0n) is 15.5. The highest BCUT2D eigenvalue weighted by atomic mass is 16.6. The van der Waals surface area contributed by atoms with Crippen molar-refractivity contribution in [1.82, 2.24) is 19.7 Å². The highest BCUT2D eigenvalue weighted by Gasteiger charge is 2.19. The van der Waals surface area contributed by atoms with Gasteiger partial charge in [-0.1, -0.05) is 6.07 Å². The number of imidazole rings is 1. The van der Waals surface area contributed by atoms with Crippen molar-refractivity contribution in [2.45, 2.75) is 13.8 Å². The van der Waals surface area contributed by atoms with Gasteiger partial charge in [0.2, 0.25) is 0 Å². The lowest BCUT2D eigenvalue weighted by molar-refractivity contribution is 0.171. The van der Waals surface area contributed by atoms with Crippen LogP contribution in [0.1, 0.15) is 11.1 Å². The zero-order chi connectivity index (χ0) is 18.5. The van der Waals surface area contributed by atoms with Crippen LogP contribution in [0.3, 0.4) is 0 Å². The molecule has 0 saturated heterocycles. The van der Waals surface area contributed by atoms with Crippen LogP contribution in [0, 0.1) is 13.8 Å². The van der Waals surface area contributed by atoms with Gasteiger partial charge in [-0.05, 0) is 49.2 Å². The molecule has 6 heteroatoms. The number of aryl methyl sites for hydroxylation is 3. The van der Waals surface area contributed by atoms with Gasteiger partial charge in [-0.3, -0.25) is 4.68 Å². The molecule has 0 unspecified atom stereocenters. The summed E-state index contributed by atoms with van der Waals surface area (Å²) in [6.07, 6.45) is 1.99. The molecule has 1 aliphatic rings. The third-order valence-corrected chi connectivity index (χ3v) is 5.08. The fourth-order valence-electron chi connectivity index (χ4n) is 3.51. The molecule has 0 saturated carbocycles. The fourth-order valence-corrected chi connectivity index (χ4v) is 3.51. The molecule has 0 atom stereocenters. The van der Waals surface area contributed by atoms with E-state index in [9.17, 15) is 0 Å². The first kappa shape index (κ1) is 15.9. The molecule has 27 heavy (non-hydrogen) atoms. The van der Waals surface area contributed by atoms with Crippen molar-refractivity contribution in [3.05, 3.63) is 47.7 Å². The highest BCUT2D eigenvalue weighted by Crippen LogP contribution is 2.37. The van der Waals surface area contributed by atoms with E-state index in [1.807, 2.05) is 36.1 Å². The third-order valence-electron chi connectivity index (χ3n) is 5.08. The lowest BCUT2D eigenvalue weighted by atomic mass is 10.1. The molecular formula is C21H20N4O2. The number of fused-ring (bicyclic) bond motifs is 2. The zero-order valence-corrected chi connectivity index (χ0v) is 15.5. The van der Waals surface area contributed by atoms with E-state index in [-0.39, 0.29) is 0 Å². The molecular weight excluding hydrogens is 340 g/mol. The summed E-state index contributed by atoms with van der Waals surface area (Å²) < 4.78 is 13.2. The van der Waals surface area contributed by atoms with Crippen molar-refractivity contribution in [3.8, 4) is 34.1 Å². The molecule has 0 spiro atoms. The third kappa shape index (κ3) is 2.56. The second-order valence-corrected chi connectivity index (χ2v) is 6.91. The summed E-state index contributed by atoms with van der Waals surface area (Å²) in [5, 5.41) is 4.68. The second kappa shape index (κ2) is 5.87. The van der Waals surface area contributed by atoms with Crippen molar-refractivity contribution in [1.29, 1.82) is 0 Å². The minimum atomic E-state index is 0.563. The Hall–Kier alpha value is -3.28. The molecule has 1 aliphatic heterocycles. The number of nitrogens with zero attached hydrogens (tertiary/aromatic N) is 3. The first-order valence-corrected chi connectivity index (χ1v) is 9.00. The largest absolute Gasteiger partial charge is 0.486 e. The Morgan fingerprint density at radius 2 is 1.85 bits per heavy atom. The van der Waals surface area contributed by atoms with Crippen molar-refractivity contribution in [3.63, 3.8) is 0 Å². The number of rotatable bonds is 2. The van der Waals surface area contributed by atoms with Crippen LogP contribution in [-0.2, 0) is 7.05 Å². The van der Waals surface area contributed by atoms with Gasteiger partial charge in [-0.15, -0.1) is 0 Å². The first-order chi connectivity index (χ1) is 13.1. The summed E-state index contributed by atoms with van der Waals surface area (Å²) in [6.45, 7) is 5.35. The summed E-state index contributed by atoms with van der Waals surface area (Å²) >= 11 is 0. The SMILES string of the molecule is Cc1ccc2[nH]c(-c3cn(C)nc3-c3ccc4c(c3)OCCO4)nc2c1C. The second-order valence-electron chi connectivity index (χ2n) is 6.91. The van der Waals surface area contributed by atoms with Gasteiger partial charge in [0.15, 0.2) is 11.5 Å². The van der Waals surface area contributed by atoms with Crippen molar-refractivity contribution in [2.75, 3.05) is 13.2 Å². The predicted octanol–water partition coefficient (Wildman–Crippen LogP) is 4.02. The molecule has 0 aliphatic carbocycles. The molecule has 5 rings (SSSR count). The Kier molecular flexibility index (Phi) is 3.47. The average Bonchev–Trinajstić information content (AvgIpc) is 3.28. The molecule has 4 aromatic rings. The van der Waals surface area contributed by atoms with Crippen LogP contribution in [0.25, 0.3) is 33.7 Å². The molecule has 1 N–H and O–H groups in total. The number of ether oxygens (including phenoxy) is 2. The Balaban J connectivity index is 1.66. The van der Waals surface area contributed by atoms with Gasteiger partial charge in [0, 0.05) is 18.8 Å². The fraction of sp³-hybridized carbons (Fsp3) is 0.238. The molecule has 3 heterocycles. The van der Waals surface area contributed by atoms with Gasteiger partial charge < -0.3 is 14.5 Å². The first-order valence-electron chi connectivity index (χ1n) is 9.00. The quantitative estimate of drug-likeness (QED) is 0.586. The van der Waals surface area contributed by atoms with Gasteiger partial charge in [0.1, 0.15) is 24.7 Å². The standard InChI is InChI=1S/C21H20N4O2/c1-12-4-6-16-19(13(12)2)23-21(22-16)15-11-25(3)24-20(15)14-5-7-17-18(10-14)27-9-8-26-17/h4-7,10-11H,8-9H2,1-3H3,(H,22,23). The normalized spacial score (nSPS) is 13.3. The summed E-state index contributed by atoms with van der Waals surface area (Å²) in [5.74, 6) is 2.35. The average molecular weight is 360 g/mol. The molecule has 2 aromatic heterocycles. The lowest BCUT2D eigenvalue weighted by Gasteiger charge is -2.18. The molecule has 0 amide bonds. The molecule has 0 bridgehead atoms. The van der Waals surface area contributed by atoms with E-state index in [0.29, 0.717) is 13.2 Å². The minimum Gasteiger partial charge on any atom is -0.486 e. The number of nitrogens with one attached hydrogen (secondary N) is 1. The summed E-state index contributed by atoms with van der Waals surface area (Å²) in [4.78, 5) is 8.31. The molecule has 6 nitrogen and oxygen atoms in total. The van der Waals surface area contributed by atoms with Crippen molar-refractivity contribution < 1.29 is 9.47 Å². The van der Waals surface area contributed by atoms with Crippen LogP contribution < -0.4 is 9.47 Å². The Bertz CT molecular complexity index is 1170. The number of hydrogen-bond donors (Lipinski definition) is 1. The number of aromatic amines is 1. The minimum absolute atomic E-state index is 0.563. The smallest absolute Gasteiger partial charge is 0.162 e. The van der Waals surface area contributed by atoms with Crippen LogP contribution in [-0.4, -0.2) is 33.0 Å². The van der Waals surface area contributed by atoms with Gasteiger partial charge >= 0.3 is 0 Å². The topological polar surface area (TPSA) is 65.0 Å². The van der Waals surface area contributed by atoms with Gasteiger partial charge in [0.25, 0.3) is 0 Å². The highest BCUT2D eigenvalue weighted by molar-refractivity contribution is 5.86. The molecule has 0 fully saturated rings. The maximum absolute atomic E-state index is 5.73. The maximum atomic E-state index is 5.73. The van der Waals surface area contributed by atoms with E-state index in [1.165, 1.54) is 11.1 Å². The monoisotopic (exact) mass is 360 g/mol. The van der Waals surface area contributed by atoms with E-state index < -0.39 is 0 Å². The Labute approximate surface area is 156 Å². The van der Waals surface area contributed by atoms with Crippen LogP contribution in [0.4, 0.5) is 0 Å². The molecule has 136 valence electrons. The van der Waals surface area contributed by atoms with Gasteiger partial charge in [0.05, 0.1) is 16.6 Å². The molecule has 2 aromatic carbocycles. The van der Waals surface area contributed by atoms with Crippen LogP contribution >= 0.6 is 0 Å².